The van der Waals surface area contributed by atoms with Crippen LogP contribution in [-0.4, -0.2) is 90.2 Å². The van der Waals surface area contributed by atoms with Gasteiger partial charge in [-0.05, 0) is 82.3 Å². The van der Waals surface area contributed by atoms with Crippen LogP contribution in [0.3, 0.4) is 0 Å². The molecule has 3 unspecified atom stereocenters. The fraction of sp³-hybridized carbons (Fsp3) is 0.302. The first kappa shape index (κ1) is 53.8. The van der Waals surface area contributed by atoms with Crippen LogP contribution in [0.4, 0.5) is 0 Å². The van der Waals surface area contributed by atoms with Gasteiger partial charge in [-0.25, -0.2) is 0 Å². The van der Waals surface area contributed by atoms with Gasteiger partial charge >= 0.3 is 0 Å². The van der Waals surface area contributed by atoms with Gasteiger partial charge in [-0.15, -0.1) is 0 Å². The molecule has 6 amide bonds. The number of benzene rings is 3. The van der Waals surface area contributed by atoms with Gasteiger partial charge in [0.15, 0.2) is 17.2 Å². The van der Waals surface area contributed by atoms with E-state index in [2.05, 4.69) is 52.9 Å². The summed E-state index contributed by atoms with van der Waals surface area (Å²) in [4.78, 5) is 87.8. The number of rotatable bonds is 24. The lowest BCUT2D eigenvalue weighted by Gasteiger charge is -2.17. The summed E-state index contributed by atoms with van der Waals surface area (Å²) >= 11 is 6.39. The van der Waals surface area contributed by atoms with Gasteiger partial charge in [0.2, 0.25) is 0 Å². The van der Waals surface area contributed by atoms with Gasteiger partial charge in [-0.2, -0.15) is 5.26 Å². The van der Waals surface area contributed by atoms with E-state index in [-0.39, 0.29) is 77.6 Å². The number of aromatic amines is 3. The Morgan fingerprint density at radius 3 is 1.48 bits per heavy atom. The number of hydrogen-bond donors (Lipinski definition) is 9. The molecule has 0 radical (unpaired) electrons. The van der Waals surface area contributed by atoms with E-state index in [9.17, 15) is 34.0 Å². The van der Waals surface area contributed by atoms with Crippen LogP contribution in [0.2, 0.25) is 5.02 Å². The van der Waals surface area contributed by atoms with Gasteiger partial charge in [-0.1, -0.05) is 66.2 Å². The molecular weight excluding hydrogens is 956 g/mol. The summed E-state index contributed by atoms with van der Waals surface area (Å²) in [6.07, 6.45) is -0.978. The summed E-state index contributed by atoms with van der Waals surface area (Å²) in [5.41, 5.74) is 4.09. The second-order valence-corrected chi connectivity index (χ2v) is 17.2. The number of carbonyl (C=O) groups is 6. The van der Waals surface area contributed by atoms with Crippen molar-refractivity contribution in [1.82, 2.24) is 46.9 Å². The van der Waals surface area contributed by atoms with Crippen LogP contribution < -0.4 is 46.1 Å². The van der Waals surface area contributed by atoms with E-state index in [0.717, 1.165) is 11.1 Å². The van der Waals surface area contributed by atoms with E-state index in [4.69, 9.17) is 25.8 Å². The van der Waals surface area contributed by atoms with Crippen LogP contribution in [0.25, 0.3) is 0 Å². The highest BCUT2D eigenvalue weighted by Crippen LogP contribution is 2.32. The molecule has 6 rings (SSSR count). The summed E-state index contributed by atoms with van der Waals surface area (Å²) in [6, 6.07) is 28.1. The topological polar surface area (TPSA) is 273 Å². The maximum Gasteiger partial charge on any atom is 0.271 e. The zero-order valence-corrected chi connectivity index (χ0v) is 42.1. The molecule has 0 bridgehead atoms. The first-order valence-electron chi connectivity index (χ1n) is 23.7. The third-order valence-electron chi connectivity index (χ3n) is 11.5. The van der Waals surface area contributed by atoms with Gasteiger partial charge < -0.3 is 61.1 Å². The van der Waals surface area contributed by atoms with Crippen molar-refractivity contribution in [3.63, 3.8) is 0 Å². The molecule has 3 atom stereocenters. The molecule has 0 saturated carbocycles. The number of aryl methyl sites for hydroxylation is 1. The zero-order valence-electron chi connectivity index (χ0n) is 41.3. The molecule has 0 aliphatic carbocycles. The molecule has 20 heteroatoms. The van der Waals surface area contributed by atoms with Crippen molar-refractivity contribution in [3.8, 4) is 23.3 Å². The predicted molar refractivity (Wildman–Crippen MR) is 273 cm³/mol. The summed E-state index contributed by atoms with van der Waals surface area (Å²) in [7, 11) is 1.45. The van der Waals surface area contributed by atoms with Crippen LogP contribution in [0.5, 0.6) is 17.2 Å². The summed E-state index contributed by atoms with van der Waals surface area (Å²) in [5.74, 6) is -2.58. The normalized spacial score (nSPS) is 12.0. The van der Waals surface area contributed by atoms with Crippen molar-refractivity contribution < 1.29 is 43.0 Å². The maximum absolute atomic E-state index is 13.7. The molecular formula is C53H59ClN10O9. The average Bonchev–Trinajstić information content (AvgIpc) is 4.14. The molecule has 3 aromatic carbocycles. The number of H-pyrrole nitrogens is 3. The molecule has 3 aromatic heterocycles. The molecule has 3 heterocycles. The Bertz CT molecular complexity index is 2990. The van der Waals surface area contributed by atoms with Gasteiger partial charge in [0.25, 0.3) is 35.4 Å². The fourth-order valence-electron chi connectivity index (χ4n) is 7.67. The Morgan fingerprint density at radius 2 is 1.00 bits per heavy atom. The SMILES string of the molecule is CCNC(=O)c1cc(OC(C)c2ccccc2Cl)c(C(=O)NCCCNC(=O)c2cc(OC(C)c3ccccc3C)c(C(=O)NCCCNC(=O)c3cc(OC(C)c4cccc(C#N)c4)c(C(=O)NC)[nH]3)[nH]2)[nH]1. The average molecular weight is 1020 g/mol. The number of aromatic nitrogens is 3. The van der Waals surface area contributed by atoms with E-state index in [1.165, 1.54) is 25.2 Å². The number of carbonyl (C=O) groups excluding carboxylic acids is 6. The van der Waals surface area contributed by atoms with Crippen LogP contribution in [0.15, 0.2) is 91.0 Å². The first-order valence-corrected chi connectivity index (χ1v) is 24.1. The summed E-state index contributed by atoms with van der Waals surface area (Å²) in [6.45, 7) is 10.0. The Kier molecular flexibility index (Phi) is 18.9. The summed E-state index contributed by atoms with van der Waals surface area (Å²) in [5, 5.41) is 26.2. The minimum Gasteiger partial charge on any atom is -0.484 e. The highest BCUT2D eigenvalue weighted by Gasteiger charge is 2.26. The minimum absolute atomic E-state index is 0.0101. The number of amides is 6. The molecule has 73 heavy (non-hydrogen) atoms. The highest BCUT2D eigenvalue weighted by molar-refractivity contribution is 6.31. The van der Waals surface area contributed by atoms with Gasteiger partial charge in [0.1, 0.15) is 52.5 Å². The van der Waals surface area contributed by atoms with Gasteiger partial charge in [0, 0.05) is 68.6 Å². The summed E-state index contributed by atoms with van der Waals surface area (Å²) < 4.78 is 18.5. The molecule has 0 saturated heterocycles. The van der Waals surface area contributed by atoms with Crippen molar-refractivity contribution in [3.05, 3.63) is 158 Å². The second-order valence-electron chi connectivity index (χ2n) is 16.8. The molecule has 19 nitrogen and oxygen atoms in total. The maximum atomic E-state index is 13.7. The van der Waals surface area contributed by atoms with E-state index in [1.807, 2.05) is 50.2 Å². The standard InChI is InChI=1S/C53H59ClN10O9/c1-7-57-48(65)39-26-44(73-33(5)37-19-10-11-20-38(37)54)47(63-39)53(70)61-24-14-22-59-50(67)41-28-43(72-32(4)36-18-9-8-15-30(36)2)46(64-41)52(69)60-23-13-21-58-49(66)40-27-42(45(62-40)51(68)56-6)71-31(3)35-17-12-16-34(25-35)29-55/h8-12,15-20,25-28,31-33,62-64H,7,13-14,21-24H2,1-6H3,(H,56,68)(H,57,65)(H,58,66)(H,59,67)(H,60,69)(H,61,70). The van der Waals surface area contributed by atoms with E-state index in [1.54, 1.807) is 57.2 Å². The van der Waals surface area contributed by atoms with Crippen molar-refractivity contribution in [2.75, 3.05) is 39.8 Å². The van der Waals surface area contributed by atoms with Gasteiger partial charge in [-0.3, -0.25) is 28.8 Å². The molecule has 0 spiro atoms. The third-order valence-corrected chi connectivity index (χ3v) is 11.9. The molecule has 382 valence electrons. The van der Waals surface area contributed by atoms with Crippen molar-refractivity contribution in [1.29, 1.82) is 5.26 Å². The number of nitriles is 1. The molecule has 6 aromatic rings. The highest BCUT2D eigenvalue weighted by atomic mass is 35.5. The molecule has 9 N–H and O–H groups in total. The molecule has 0 aliphatic heterocycles. The minimum atomic E-state index is -0.555. The van der Waals surface area contributed by atoms with Crippen LogP contribution in [-0.2, 0) is 0 Å². The number of hydrogen-bond acceptors (Lipinski definition) is 10. The quantitative estimate of drug-likeness (QED) is 0.0277. The molecule has 0 aliphatic rings. The monoisotopic (exact) mass is 1010 g/mol. The third kappa shape index (κ3) is 14.1. The van der Waals surface area contributed by atoms with Crippen molar-refractivity contribution >= 4 is 47.0 Å². The Labute approximate surface area is 427 Å². The Balaban J connectivity index is 1.04. The second kappa shape index (κ2) is 25.6. The van der Waals surface area contributed by atoms with Crippen LogP contribution in [0.1, 0.15) is 150 Å². The van der Waals surface area contributed by atoms with E-state index >= 15 is 0 Å². The van der Waals surface area contributed by atoms with Crippen LogP contribution >= 0.6 is 11.6 Å². The van der Waals surface area contributed by atoms with Gasteiger partial charge in [0.05, 0.1) is 11.6 Å². The first-order chi connectivity index (χ1) is 35.1. The zero-order chi connectivity index (χ0) is 52.6. The van der Waals surface area contributed by atoms with Crippen LogP contribution in [0, 0.1) is 18.3 Å². The fourth-order valence-corrected chi connectivity index (χ4v) is 7.96. The lowest BCUT2D eigenvalue weighted by molar-refractivity contribution is 0.0926. The lowest BCUT2D eigenvalue weighted by Crippen LogP contribution is -2.31. The number of halogens is 1. The van der Waals surface area contributed by atoms with E-state index in [0.29, 0.717) is 41.1 Å². The number of nitrogens with one attached hydrogen (secondary N) is 9. The largest absolute Gasteiger partial charge is 0.484 e. The van der Waals surface area contributed by atoms with E-state index < -0.39 is 53.8 Å². The number of ether oxygens (including phenoxy) is 3. The predicted octanol–water partition coefficient (Wildman–Crippen LogP) is 7.13. The van der Waals surface area contributed by atoms with Crippen molar-refractivity contribution in [2.24, 2.45) is 0 Å². The Morgan fingerprint density at radius 1 is 0.562 bits per heavy atom. The lowest BCUT2D eigenvalue weighted by atomic mass is 10.0. The smallest absolute Gasteiger partial charge is 0.271 e. The number of nitrogens with zero attached hydrogens (tertiary/aromatic N) is 1. The van der Waals surface area contributed by atoms with Crippen molar-refractivity contribution in [2.45, 2.75) is 65.8 Å². The molecule has 0 fully saturated rings. The Hall–Kier alpha value is -8.50.